The second-order valence-electron chi connectivity index (χ2n) is 8.00. The van der Waals surface area contributed by atoms with Gasteiger partial charge in [-0.2, -0.15) is 0 Å². The summed E-state index contributed by atoms with van der Waals surface area (Å²) in [5.41, 5.74) is 5.03. The maximum Gasteiger partial charge on any atom is 0.151 e. The van der Waals surface area contributed by atoms with E-state index in [1.54, 1.807) is 0 Å². The third kappa shape index (κ3) is 3.14. The zero-order chi connectivity index (χ0) is 18.9. The summed E-state index contributed by atoms with van der Waals surface area (Å²) < 4.78 is 2.32. The van der Waals surface area contributed by atoms with Crippen molar-refractivity contribution in [2.45, 2.75) is 64.0 Å². The van der Waals surface area contributed by atoms with E-state index in [9.17, 15) is 0 Å². The molecule has 0 spiro atoms. The largest absolute Gasteiger partial charge is 0.306 e. The maximum atomic E-state index is 4.87. The number of aryl methyl sites for hydroxylation is 1. The Balaban J connectivity index is 1.39. The fourth-order valence-corrected chi connectivity index (χ4v) is 4.73. The van der Waals surface area contributed by atoms with Gasteiger partial charge in [-0.05, 0) is 55.9 Å². The Morgan fingerprint density at radius 2 is 1.75 bits per heavy atom. The van der Waals surface area contributed by atoms with Crippen LogP contribution in [0, 0.1) is 0 Å². The number of hydrogen-bond acceptors (Lipinski definition) is 4. The molecule has 3 aromatic rings. The Bertz CT molecular complexity index is 969. The molecule has 0 saturated heterocycles. The van der Waals surface area contributed by atoms with Crippen LogP contribution >= 0.6 is 0 Å². The van der Waals surface area contributed by atoms with Gasteiger partial charge in [-0.25, -0.2) is 0 Å². The van der Waals surface area contributed by atoms with Crippen molar-refractivity contribution in [1.29, 1.82) is 0 Å². The summed E-state index contributed by atoms with van der Waals surface area (Å²) in [7, 11) is 0. The summed E-state index contributed by atoms with van der Waals surface area (Å²) in [6.45, 7) is 3.82. The fraction of sp³-hybridized carbons (Fsp3) is 0.435. The Kier molecular flexibility index (Phi) is 4.69. The lowest BCUT2D eigenvalue weighted by atomic mass is 9.80. The van der Waals surface area contributed by atoms with Crippen molar-refractivity contribution in [2.75, 3.05) is 0 Å². The van der Waals surface area contributed by atoms with E-state index in [2.05, 4.69) is 69.5 Å². The highest BCUT2D eigenvalue weighted by Gasteiger charge is 2.30. The number of rotatable bonds is 3. The van der Waals surface area contributed by atoms with Gasteiger partial charge in [0.25, 0.3) is 0 Å². The maximum absolute atomic E-state index is 4.87. The van der Waals surface area contributed by atoms with Crippen molar-refractivity contribution in [1.82, 2.24) is 25.1 Å². The molecular formula is C23H27N5. The van der Waals surface area contributed by atoms with Crippen LogP contribution < -0.4 is 5.32 Å². The number of fused-ring (bicyclic) bond motifs is 3. The first-order valence-corrected chi connectivity index (χ1v) is 10.5. The molecule has 5 rings (SSSR count). The molecule has 0 radical (unpaired) electrons. The smallest absolute Gasteiger partial charge is 0.151 e. The molecule has 28 heavy (non-hydrogen) atoms. The van der Waals surface area contributed by atoms with Crippen LogP contribution in [-0.2, 0) is 19.5 Å². The van der Waals surface area contributed by atoms with Crippen LogP contribution in [0.5, 0.6) is 0 Å². The van der Waals surface area contributed by atoms with Gasteiger partial charge in [0.05, 0.1) is 12.2 Å². The van der Waals surface area contributed by atoms with Crippen LogP contribution in [0.4, 0.5) is 0 Å². The monoisotopic (exact) mass is 373 g/mol. The Labute approximate surface area is 166 Å². The minimum Gasteiger partial charge on any atom is -0.306 e. The van der Waals surface area contributed by atoms with Crippen molar-refractivity contribution in [3.05, 3.63) is 71.1 Å². The molecule has 3 heterocycles. The SMILES string of the molecule is CCc1cccc(C2CCC(c3nnc4n3-c3ccccc3CNC4)CC2)n1. The number of aromatic nitrogens is 4. The number of hydrogen-bond donors (Lipinski definition) is 1. The lowest BCUT2D eigenvalue weighted by Gasteiger charge is -2.28. The summed E-state index contributed by atoms with van der Waals surface area (Å²) in [6.07, 6.45) is 5.65. The van der Waals surface area contributed by atoms with Gasteiger partial charge in [0, 0.05) is 29.8 Å². The average molecular weight is 374 g/mol. The summed E-state index contributed by atoms with van der Waals surface area (Å²) in [5, 5.41) is 12.7. The Morgan fingerprint density at radius 1 is 0.929 bits per heavy atom. The molecule has 5 heteroatoms. The molecule has 2 aliphatic rings. The molecule has 5 nitrogen and oxygen atoms in total. The van der Waals surface area contributed by atoms with Gasteiger partial charge < -0.3 is 5.32 Å². The van der Waals surface area contributed by atoms with Crippen LogP contribution in [0.2, 0.25) is 0 Å². The Hall–Kier alpha value is -2.53. The van der Waals surface area contributed by atoms with Crippen LogP contribution in [0.3, 0.4) is 0 Å². The average Bonchev–Trinajstić information content (AvgIpc) is 3.09. The first-order chi connectivity index (χ1) is 13.8. The highest BCUT2D eigenvalue weighted by atomic mass is 15.3. The van der Waals surface area contributed by atoms with E-state index < -0.39 is 0 Å². The van der Waals surface area contributed by atoms with Crippen LogP contribution in [0.15, 0.2) is 42.5 Å². The topological polar surface area (TPSA) is 55.6 Å². The first-order valence-electron chi connectivity index (χ1n) is 10.5. The lowest BCUT2D eigenvalue weighted by Crippen LogP contribution is -2.17. The van der Waals surface area contributed by atoms with Gasteiger partial charge >= 0.3 is 0 Å². The van der Waals surface area contributed by atoms with Crippen LogP contribution in [0.1, 0.15) is 73.0 Å². The molecule has 144 valence electrons. The zero-order valence-corrected chi connectivity index (χ0v) is 16.4. The quantitative estimate of drug-likeness (QED) is 0.745. The molecule has 1 N–H and O–H groups in total. The number of benzene rings is 1. The minimum atomic E-state index is 0.470. The van der Waals surface area contributed by atoms with Crippen molar-refractivity contribution >= 4 is 0 Å². The Morgan fingerprint density at radius 3 is 2.61 bits per heavy atom. The molecule has 1 aromatic carbocycles. The lowest BCUT2D eigenvalue weighted by molar-refractivity contribution is 0.377. The van der Waals surface area contributed by atoms with Gasteiger partial charge in [0.15, 0.2) is 5.82 Å². The van der Waals surface area contributed by atoms with Gasteiger partial charge in [-0.15, -0.1) is 10.2 Å². The van der Waals surface area contributed by atoms with E-state index >= 15 is 0 Å². The van der Waals surface area contributed by atoms with E-state index in [-0.39, 0.29) is 0 Å². The van der Waals surface area contributed by atoms with Gasteiger partial charge in [0.1, 0.15) is 5.82 Å². The van der Waals surface area contributed by atoms with Crippen molar-refractivity contribution in [3.8, 4) is 5.69 Å². The molecule has 0 atom stereocenters. The second kappa shape index (κ2) is 7.47. The highest BCUT2D eigenvalue weighted by Crippen LogP contribution is 2.40. The van der Waals surface area contributed by atoms with Crippen molar-refractivity contribution < 1.29 is 0 Å². The number of pyridine rings is 1. The van der Waals surface area contributed by atoms with Crippen LogP contribution in [0.25, 0.3) is 5.69 Å². The first kappa shape index (κ1) is 17.6. The molecular weight excluding hydrogens is 346 g/mol. The third-order valence-corrected chi connectivity index (χ3v) is 6.29. The summed E-state index contributed by atoms with van der Waals surface area (Å²) >= 11 is 0. The van der Waals surface area contributed by atoms with Crippen molar-refractivity contribution in [2.24, 2.45) is 0 Å². The van der Waals surface area contributed by atoms with E-state index in [0.29, 0.717) is 11.8 Å². The molecule has 1 aliphatic heterocycles. The zero-order valence-electron chi connectivity index (χ0n) is 16.4. The molecule has 1 fully saturated rings. The van der Waals surface area contributed by atoms with E-state index in [1.807, 2.05) is 0 Å². The second-order valence-corrected chi connectivity index (χ2v) is 8.00. The van der Waals surface area contributed by atoms with Gasteiger partial charge in [-0.3, -0.25) is 9.55 Å². The molecule has 2 aromatic heterocycles. The van der Waals surface area contributed by atoms with Crippen LogP contribution in [-0.4, -0.2) is 19.7 Å². The van der Waals surface area contributed by atoms with E-state index in [0.717, 1.165) is 44.0 Å². The van der Waals surface area contributed by atoms with Gasteiger partial charge in [0.2, 0.25) is 0 Å². The van der Waals surface area contributed by atoms with E-state index in [4.69, 9.17) is 4.98 Å². The normalized spacial score (nSPS) is 21.6. The molecule has 1 aliphatic carbocycles. The number of nitrogens with one attached hydrogen (secondary N) is 1. The summed E-state index contributed by atoms with van der Waals surface area (Å²) in [6, 6.07) is 15.1. The molecule has 1 saturated carbocycles. The predicted octanol–water partition coefficient (Wildman–Crippen LogP) is 4.27. The fourth-order valence-electron chi connectivity index (χ4n) is 4.73. The summed E-state index contributed by atoms with van der Waals surface area (Å²) in [5.74, 6) is 3.21. The third-order valence-electron chi connectivity index (χ3n) is 6.29. The standard InChI is InChI=1S/C23H27N5/c1-2-19-7-5-8-20(25-19)16-10-12-17(13-11-16)23-27-26-22-15-24-14-18-6-3-4-9-21(18)28(22)23/h3-9,16-17,24H,2,10-15H2,1H3. The minimum absolute atomic E-state index is 0.470. The molecule has 0 unspecified atom stereocenters. The molecule has 0 bridgehead atoms. The predicted molar refractivity (Wildman–Crippen MR) is 109 cm³/mol. The highest BCUT2D eigenvalue weighted by molar-refractivity contribution is 5.44. The van der Waals surface area contributed by atoms with E-state index in [1.165, 1.54) is 35.5 Å². The number of nitrogens with zero attached hydrogens (tertiary/aromatic N) is 4. The number of para-hydroxylation sites is 1. The summed E-state index contributed by atoms with van der Waals surface area (Å²) in [4.78, 5) is 4.87. The molecule has 0 amide bonds. The van der Waals surface area contributed by atoms with Crippen molar-refractivity contribution in [3.63, 3.8) is 0 Å². The van der Waals surface area contributed by atoms with Gasteiger partial charge in [-0.1, -0.05) is 31.2 Å².